The number of aromatic hydroxyl groups is 1. The van der Waals surface area contributed by atoms with Crippen LogP contribution in [0.4, 0.5) is 0 Å². The Kier molecular flexibility index (Phi) is 6.17. The van der Waals surface area contributed by atoms with E-state index in [2.05, 4.69) is 17.5 Å². The lowest BCUT2D eigenvalue weighted by atomic mass is 10.1. The molecule has 120 valence electrons. The van der Waals surface area contributed by atoms with Gasteiger partial charge in [0.25, 0.3) is 5.91 Å². The molecule has 2 aromatic carbocycles. The van der Waals surface area contributed by atoms with Gasteiger partial charge in [0.05, 0.1) is 6.21 Å². The number of aryl methyl sites for hydroxylation is 1. The molecule has 2 aromatic rings. The molecule has 0 aliphatic carbocycles. The summed E-state index contributed by atoms with van der Waals surface area (Å²) in [7, 11) is 0. The number of ether oxygens (including phenoxy) is 1. The van der Waals surface area contributed by atoms with Crippen LogP contribution in [0.2, 0.25) is 0 Å². The largest absolute Gasteiger partial charge is 0.507 e. The van der Waals surface area contributed by atoms with Gasteiger partial charge in [-0.3, -0.25) is 4.79 Å². The van der Waals surface area contributed by atoms with E-state index in [0.29, 0.717) is 11.3 Å². The SMILES string of the molecule is CCCc1ccc(OCC(=O)N/N=C/c2ccccc2O)cc1. The van der Waals surface area contributed by atoms with Gasteiger partial charge in [0.2, 0.25) is 0 Å². The van der Waals surface area contributed by atoms with Crippen molar-refractivity contribution in [1.29, 1.82) is 0 Å². The van der Waals surface area contributed by atoms with Gasteiger partial charge in [-0.25, -0.2) is 5.43 Å². The van der Waals surface area contributed by atoms with Crippen LogP contribution in [0.1, 0.15) is 24.5 Å². The molecule has 0 aromatic heterocycles. The first-order valence-electron chi connectivity index (χ1n) is 7.50. The Bertz CT molecular complexity index is 666. The fourth-order valence-corrected chi connectivity index (χ4v) is 1.99. The van der Waals surface area contributed by atoms with Crippen molar-refractivity contribution < 1.29 is 14.6 Å². The number of phenols is 1. The summed E-state index contributed by atoms with van der Waals surface area (Å²) in [5.74, 6) is 0.382. The number of benzene rings is 2. The highest BCUT2D eigenvalue weighted by Crippen LogP contribution is 2.13. The van der Waals surface area contributed by atoms with E-state index in [4.69, 9.17) is 4.74 Å². The summed E-state index contributed by atoms with van der Waals surface area (Å²) in [5, 5.41) is 13.3. The lowest BCUT2D eigenvalue weighted by Crippen LogP contribution is -2.24. The average Bonchev–Trinajstić information content (AvgIpc) is 2.56. The molecule has 0 bridgehead atoms. The topological polar surface area (TPSA) is 70.9 Å². The minimum atomic E-state index is -0.366. The van der Waals surface area contributed by atoms with Gasteiger partial charge >= 0.3 is 0 Å². The van der Waals surface area contributed by atoms with Crippen molar-refractivity contribution in [1.82, 2.24) is 5.43 Å². The summed E-state index contributed by atoms with van der Waals surface area (Å²) in [5.41, 5.74) is 4.13. The molecule has 0 radical (unpaired) electrons. The Balaban J connectivity index is 1.78. The number of hydrogen-bond donors (Lipinski definition) is 2. The third-order valence-corrected chi connectivity index (χ3v) is 3.16. The van der Waals surface area contributed by atoms with Crippen LogP contribution in [0.15, 0.2) is 53.6 Å². The van der Waals surface area contributed by atoms with Gasteiger partial charge in [-0.05, 0) is 36.2 Å². The molecule has 0 spiro atoms. The first-order chi connectivity index (χ1) is 11.2. The highest BCUT2D eigenvalue weighted by atomic mass is 16.5. The third-order valence-electron chi connectivity index (χ3n) is 3.16. The molecule has 0 fully saturated rings. The van der Waals surface area contributed by atoms with Crippen LogP contribution in [0.3, 0.4) is 0 Å². The van der Waals surface area contributed by atoms with Gasteiger partial charge in [0, 0.05) is 5.56 Å². The molecular formula is C18H20N2O3. The van der Waals surface area contributed by atoms with Crippen LogP contribution >= 0.6 is 0 Å². The number of para-hydroxylation sites is 1. The van der Waals surface area contributed by atoms with E-state index in [0.717, 1.165) is 12.8 Å². The van der Waals surface area contributed by atoms with Crippen molar-refractivity contribution >= 4 is 12.1 Å². The van der Waals surface area contributed by atoms with E-state index in [1.165, 1.54) is 11.8 Å². The Morgan fingerprint density at radius 1 is 1.22 bits per heavy atom. The predicted molar refractivity (Wildman–Crippen MR) is 89.8 cm³/mol. The highest BCUT2D eigenvalue weighted by molar-refractivity contribution is 5.85. The van der Waals surface area contributed by atoms with Crippen molar-refractivity contribution in [2.24, 2.45) is 5.10 Å². The Morgan fingerprint density at radius 2 is 1.96 bits per heavy atom. The third kappa shape index (κ3) is 5.47. The monoisotopic (exact) mass is 312 g/mol. The van der Waals surface area contributed by atoms with Crippen molar-refractivity contribution in [3.05, 3.63) is 59.7 Å². The number of hydrogen-bond acceptors (Lipinski definition) is 4. The van der Waals surface area contributed by atoms with Crippen LogP contribution in [0, 0.1) is 0 Å². The summed E-state index contributed by atoms with van der Waals surface area (Å²) < 4.78 is 5.39. The molecule has 0 aliphatic rings. The number of amides is 1. The van der Waals surface area contributed by atoms with E-state index in [1.54, 1.807) is 24.3 Å². The maximum absolute atomic E-state index is 11.6. The number of phenolic OH excluding ortho intramolecular Hbond substituents is 1. The van der Waals surface area contributed by atoms with Crippen LogP contribution < -0.4 is 10.2 Å². The van der Waals surface area contributed by atoms with Crippen LogP contribution in [-0.2, 0) is 11.2 Å². The van der Waals surface area contributed by atoms with E-state index in [9.17, 15) is 9.90 Å². The van der Waals surface area contributed by atoms with Crippen molar-refractivity contribution in [2.45, 2.75) is 19.8 Å². The van der Waals surface area contributed by atoms with Crippen molar-refractivity contribution in [2.75, 3.05) is 6.61 Å². The second-order valence-corrected chi connectivity index (χ2v) is 5.03. The van der Waals surface area contributed by atoms with Crippen LogP contribution in [0.5, 0.6) is 11.5 Å². The summed E-state index contributed by atoms with van der Waals surface area (Å²) in [6, 6.07) is 14.4. The molecule has 2 N–H and O–H groups in total. The van der Waals surface area contributed by atoms with E-state index in [1.807, 2.05) is 24.3 Å². The van der Waals surface area contributed by atoms with E-state index < -0.39 is 0 Å². The summed E-state index contributed by atoms with van der Waals surface area (Å²) in [4.78, 5) is 11.6. The van der Waals surface area contributed by atoms with Gasteiger partial charge in [0.1, 0.15) is 11.5 Å². The zero-order valence-corrected chi connectivity index (χ0v) is 13.0. The van der Waals surface area contributed by atoms with Crippen molar-refractivity contribution in [3.63, 3.8) is 0 Å². The van der Waals surface area contributed by atoms with Crippen molar-refractivity contribution in [3.8, 4) is 11.5 Å². The van der Waals surface area contributed by atoms with Gasteiger partial charge in [-0.15, -0.1) is 0 Å². The predicted octanol–water partition coefficient (Wildman–Crippen LogP) is 2.87. The first-order valence-corrected chi connectivity index (χ1v) is 7.50. The van der Waals surface area contributed by atoms with Gasteiger partial charge in [-0.1, -0.05) is 37.6 Å². The summed E-state index contributed by atoms with van der Waals surface area (Å²) in [6.07, 6.45) is 3.51. The minimum Gasteiger partial charge on any atom is -0.507 e. The zero-order chi connectivity index (χ0) is 16.5. The fourth-order valence-electron chi connectivity index (χ4n) is 1.99. The number of carbonyl (C=O) groups is 1. The van der Waals surface area contributed by atoms with Gasteiger partial charge in [0.15, 0.2) is 6.61 Å². The molecular weight excluding hydrogens is 292 g/mol. The first kappa shape index (κ1) is 16.5. The Labute approximate surface area is 135 Å². The molecule has 0 saturated heterocycles. The van der Waals surface area contributed by atoms with Crippen LogP contribution in [0.25, 0.3) is 0 Å². The number of rotatable bonds is 7. The Hall–Kier alpha value is -2.82. The molecule has 5 nitrogen and oxygen atoms in total. The number of nitrogens with zero attached hydrogens (tertiary/aromatic N) is 1. The summed E-state index contributed by atoms with van der Waals surface area (Å²) in [6.45, 7) is 2.01. The molecule has 5 heteroatoms. The lowest BCUT2D eigenvalue weighted by Gasteiger charge is -2.06. The fraction of sp³-hybridized carbons (Fsp3) is 0.222. The number of carbonyl (C=O) groups excluding carboxylic acids is 1. The molecule has 0 aliphatic heterocycles. The normalized spacial score (nSPS) is 10.7. The molecule has 0 heterocycles. The molecule has 0 atom stereocenters. The van der Waals surface area contributed by atoms with Gasteiger partial charge < -0.3 is 9.84 Å². The quantitative estimate of drug-likeness (QED) is 0.610. The Morgan fingerprint density at radius 3 is 2.65 bits per heavy atom. The van der Waals surface area contributed by atoms with E-state index >= 15 is 0 Å². The zero-order valence-electron chi connectivity index (χ0n) is 13.0. The van der Waals surface area contributed by atoms with Crippen LogP contribution in [-0.4, -0.2) is 23.8 Å². The standard InChI is InChI=1S/C18H20N2O3/c1-2-5-14-8-10-16(11-9-14)23-13-18(22)20-19-12-15-6-3-4-7-17(15)21/h3-4,6-12,21H,2,5,13H2,1H3,(H,20,22)/b19-12+. The smallest absolute Gasteiger partial charge is 0.277 e. The molecule has 2 rings (SSSR count). The maximum atomic E-state index is 11.6. The maximum Gasteiger partial charge on any atom is 0.277 e. The average molecular weight is 312 g/mol. The van der Waals surface area contributed by atoms with Gasteiger partial charge in [-0.2, -0.15) is 5.10 Å². The molecule has 0 unspecified atom stereocenters. The summed E-state index contributed by atoms with van der Waals surface area (Å²) >= 11 is 0. The van der Waals surface area contributed by atoms with E-state index in [-0.39, 0.29) is 18.3 Å². The molecule has 23 heavy (non-hydrogen) atoms. The minimum absolute atomic E-state index is 0.105. The molecule has 0 saturated carbocycles. The second kappa shape index (κ2) is 8.58. The lowest BCUT2D eigenvalue weighted by molar-refractivity contribution is -0.123. The molecule has 1 amide bonds. The number of nitrogens with one attached hydrogen (secondary N) is 1. The second-order valence-electron chi connectivity index (χ2n) is 5.03. The number of hydrazone groups is 1. The highest BCUT2D eigenvalue weighted by Gasteiger charge is 2.02.